The Morgan fingerprint density at radius 1 is 1.15 bits per heavy atom. The third-order valence-corrected chi connectivity index (χ3v) is 6.34. The number of furan rings is 1. The molecular formula is C25H29N5O3S. The number of nitrogens with zero attached hydrogens (tertiary/aromatic N) is 3. The van der Waals surface area contributed by atoms with Gasteiger partial charge in [-0.3, -0.25) is 0 Å². The Labute approximate surface area is 201 Å². The van der Waals surface area contributed by atoms with Gasteiger partial charge in [0, 0.05) is 30.7 Å². The van der Waals surface area contributed by atoms with Crippen molar-refractivity contribution in [2.24, 2.45) is 14.2 Å². The molecule has 1 aliphatic rings. The summed E-state index contributed by atoms with van der Waals surface area (Å²) in [6.07, 6.45) is 1.67. The molecule has 0 radical (unpaired) electrons. The minimum Gasteiger partial charge on any atom is -0.505 e. The van der Waals surface area contributed by atoms with Gasteiger partial charge in [-0.25, -0.2) is 4.21 Å². The highest BCUT2D eigenvalue weighted by Crippen LogP contribution is 2.36. The van der Waals surface area contributed by atoms with Crippen LogP contribution >= 0.6 is 0 Å². The smallest absolute Gasteiger partial charge is 0.269 e. The fraction of sp³-hybridized carbons (Fsp3) is 0.280. The van der Waals surface area contributed by atoms with Crippen molar-refractivity contribution in [2.45, 2.75) is 26.8 Å². The van der Waals surface area contributed by atoms with Crippen LogP contribution in [0.2, 0.25) is 0 Å². The molecule has 0 saturated heterocycles. The Hall–Kier alpha value is -3.59. The lowest BCUT2D eigenvalue weighted by molar-refractivity contribution is 0.303. The summed E-state index contributed by atoms with van der Waals surface area (Å²) in [4.78, 5) is 1.82. The number of hydrogen-bond acceptors (Lipinski definition) is 6. The van der Waals surface area contributed by atoms with Crippen LogP contribution in [0.3, 0.4) is 0 Å². The zero-order valence-electron chi connectivity index (χ0n) is 19.9. The summed E-state index contributed by atoms with van der Waals surface area (Å²) in [7, 11) is 3.71. The summed E-state index contributed by atoms with van der Waals surface area (Å²) >= 11 is -1.77. The second-order valence-corrected chi connectivity index (χ2v) is 10.3. The van der Waals surface area contributed by atoms with E-state index in [4.69, 9.17) is 4.42 Å². The van der Waals surface area contributed by atoms with Gasteiger partial charge in [-0.05, 0) is 41.3 Å². The number of fused-ring (bicyclic) bond motifs is 1. The molecule has 8 nitrogen and oxygen atoms in total. The number of rotatable bonds is 5. The monoisotopic (exact) mass is 479 g/mol. The molecule has 3 aromatic rings. The lowest BCUT2D eigenvalue weighted by Gasteiger charge is -2.32. The Morgan fingerprint density at radius 2 is 1.88 bits per heavy atom. The molecule has 2 heterocycles. The van der Waals surface area contributed by atoms with Crippen molar-refractivity contribution >= 4 is 45.2 Å². The number of phenols is 1. The topological polar surface area (TPSA) is 102 Å². The van der Waals surface area contributed by atoms with E-state index < -0.39 is 11.2 Å². The molecule has 178 valence electrons. The Kier molecular flexibility index (Phi) is 6.22. The average molecular weight is 480 g/mol. The maximum atomic E-state index is 12.3. The van der Waals surface area contributed by atoms with Gasteiger partial charge in [0.15, 0.2) is 11.7 Å². The first-order valence-corrected chi connectivity index (χ1v) is 11.9. The minimum absolute atomic E-state index is 0.0266. The molecule has 2 atom stereocenters. The van der Waals surface area contributed by atoms with Crippen molar-refractivity contribution in [3.8, 4) is 5.75 Å². The molecule has 34 heavy (non-hydrogen) atoms. The maximum Gasteiger partial charge on any atom is 0.269 e. The van der Waals surface area contributed by atoms with Crippen LogP contribution in [0.4, 0.5) is 5.69 Å². The highest BCUT2D eigenvalue weighted by Gasteiger charge is 2.31. The van der Waals surface area contributed by atoms with Crippen LogP contribution in [0, 0.1) is 5.41 Å². The van der Waals surface area contributed by atoms with Gasteiger partial charge in [0.1, 0.15) is 11.3 Å². The highest BCUT2D eigenvalue weighted by atomic mass is 32.2. The second kappa shape index (κ2) is 8.98. The Bertz CT molecular complexity index is 1330. The standard InChI is InChI=1S/C25H29N5O3S/c1-15(30(5)6)18-8-7-9-19(21(18)31)26-23-24(29-34(32)28-23)27-22(25(2,3)4)17-10-11-20-16(14-17)12-13-33-20/h7-14,22,31H,1H2,2-6H3,(H,26,28)(H,27,29). The number of amidine groups is 2. The summed E-state index contributed by atoms with van der Waals surface area (Å²) in [5.41, 5.74) is 3.30. The van der Waals surface area contributed by atoms with Crippen LogP contribution in [0.1, 0.15) is 37.9 Å². The molecule has 0 fully saturated rings. The van der Waals surface area contributed by atoms with Crippen LogP contribution < -0.4 is 10.6 Å². The Balaban J connectivity index is 1.63. The van der Waals surface area contributed by atoms with Crippen molar-refractivity contribution in [1.29, 1.82) is 0 Å². The third-order valence-electron chi connectivity index (χ3n) is 5.66. The van der Waals surface area contributed by atoms with Crippen molar-refractivity contribution < 1.29 is 13.7 Å². The van der Waals surface area contributed by atoms with Gasteiger partial charge in [0.25, 0.3) is 11.2 Å². The van der Waals surface area contributed by atoms with Crippen LogP contribution in [0.25, 0.3) is 16.7 Å². The molecule has 0 spiro atoms. The van der Waals surface area contributed by atoms with Gasteiger partial charge < -0.3 is 25.1 Å². The van der Waals surface area contributed by atoms with Crippen molar-refractivity contribution in [3.63, 3.8) is 0 Å². The van der Waals surface area contributed by atoms with Crippen molar-refractivity contribution in [2.75, 3.05) is 19.4 Å². The number of phenolic OH excluding ortho intramolecular Hbond substituents is 1. The van der Waals surface area contributed by atoms with E-state index in [0.717, 1.165) is 16.5 Å². The number of hydrogen-bond donors (Lipinski definition) is 3. The van der Waals surface area contributed by atoms with Gasteiger partial charge in [-0.2, -0.15) is 0 Å². The van der Waals surface area contributed by atoms with E-state index in [1.807, 2.05) is 37.2 Å². The molecule has 9 heteroatoms. The van der Waals surface area contributed by atoms with Crippen molar-refractivity contribution in [1.82, 2.24) is 10.2 Å². The van der Waals surface area contributed by atoms with E-state index in [0.29, 0.717) is 28.6 Å². The summed E-state index contributed by atoms with van der Waals surface area (Å²) in [6.45, 7) is 10.4. The van der Waals surface area contributed by atoms with E-state index in [1.165, 1.54) is 0 Å². The molecular weight excluding hydrogens is 450 g/mol. The van der Waals surface area contributed by atoms with E-state index in [1.54, 1.807) is 24.5 Å². The summed E-state index contributed by atoms with van der Waals surface area (Å²) in [6, 6.07) is 13.1. The molecule has 0 aliphatic carbocycles. The van der Waals surface area contributed by atoms with Crippen LogP contribution in [-0.2, 0) is 11.2 Å². The minimum atomic E-state index is -1.77. The molecule has 3 N–H and O–H groups in total. The quantitative estimate of drug-likeness (QED) is 0.452. The zero-order valence-corrected chi connectivity index (χ0v) is 20.7. The fourth-order valence-corrected chi connectivity index (χ4v) is 4.41. The number of anilines is 1. The van der Waals surface area contributed by atoms with E-state index >= 15 is 0 Å². The summed E-state index contributed by atoms with van der Waals surface area (Å²) in [5.74, 6) is 0.681. The highest BCUT2D eigenvalue weighted by molar-refractivity contribution is 7.83. The number of benzene rings is 2. The molecule has 1 aliphatic heterocycles. The SMILES string of the molecule is C=C(c1cccc(NC2=NS(=O)N=C2NC(c2ccc3occc3c2)C(C)(C)C)c1O)N(C)C. The second-order valence-electron chi connectivity index (χ2n) is 9.44. The van der Waals surface area contributed by atoms with Gasteiger partial charge in [0.2, 0.25) is 0 Å². The first-order chi connectivity index (χ1) is 16.0. The number of para-hydroxylation sites is 1. The first kappa shape index (κ1) is 23.6. The normalized spacial score (nSPS) is 16.7. The summed E-state index contributed by atoms with van der Waals surface area (Å²) < 4.78 is 26.1. The largest absolute Gasteiger partial charge is 0.505 e. The number of nitrogens with one attached hydrogen (secondary N) is 2. The molecule has 0 amide bonds. The van der Waals surface area contributed by atoms with E-state index in [-0.39, 0.29) is 17.2 Å². The molecule has 2 aromatic carbocycles. The van der Waals surface area contributed by atoms with Gasteiger partial charge in [-0.1, -0.05) is 39.5 Å². The summed E-state index contributed by atoms with van der Waals surface area (Å²) in [5, 5.41) is 18.4. The molecule has 0 bridgehead atoms. The first-order valence-electron chi connectivity index (χ1n) is 10.8. The number of aromatic hydroxyl groups is 1. The van der Waals surface area contributed by atoms with Gasteiger partial charge >= 0.3 is 0 Å². The lowest BCUT2D eigenvalue weighted by atomic mass is 9.82. The predicted octanol–water partition coefficient (Wildman–Crippen LogP) is 4.85. The third kappa shape index (κ3) is 4.70. The average Bonchev–Trinajstić information content (AvgIpc) is 3.37. The van der Waals surface area contributed by atoms with Gasteiger partial charge in [0.05, 0.1) is 18.0 Å². The van der Waals surface area contributed by atoms with Crippen molar-refractivity contribution in [3.05, 3.63) is 66.4 Å². The van der Waals surface area contributed by atoms with Crippen LogP contribution in [0.5, 0.6) is 5.75 Å². The zero-order chi connectivity index (χ0) is 24.6. The fourth-order valence-electron chi connectivity index (χ4n) is 3.79. The van der Waals surface area contributed by atoms with Crippen LogP contribution in [0.15, 0.2) is 68.5 Å². The molecule has 4 rings (SSSR count). The lowest BCUT2D eigenvalue weighted by Crippen LogP contribution is -2.41. The maximum absolute atomic E-state index is 12.3. The van der Waals surface area contributed by atoms with Gasteiger partial charge in [-0.15, -0.1) is 8.80 Å². The predicted molar refractivity (Wildman–Crippen MR) is 139 cm³/mol. The van der Waals surface area contributed by atoms with Crippen LogP contribution in [-0.4, -0.2) is 40.0 Å². The molecule has 0 saturated carbocycles. The Morgan fingerprint density at radius 3 is 2.59 bits per heavy atom. The van der Waals surface area contributed by atoms with E-state index in [2.05, 4.69) is 52.8 Å². The molecule has 2 unspecified atom stereocenters. The molecule has 1 aromatic heterocycles. The van der Waals surface area contributed by atoms with E-state index in [9.17, 15) is 9.32 Å².